The van der Waals surface area contributed by atoms with Gasteiger partial charge in [0, 0.05) is 24.5 Å². The van der Waals surface area contributed by atoms with Gasteiger partial charge in [-0.1, -0.05) is 64.7 Å². The molecule has 1 aromatic heterocycles. The lowest BCUT2D eigenvalue weighted by atomic mass is 9.93. The number of para-hydroxylation sites is 1. The molecule has 0 radical (unpaired) electrons. The number of unbranched alkanes of at least 4 members (excludes halogenated alkanes) is 2. The zero-order valence-electron chi connectivity index (χ0n) is 27.8. The molecular weight excluding hydrogens is 586 g/mol. The Morgan fingerprint density at radius 3 is 2.43 bits per heavy atom. The third-order valence-corrected chi connectivity index (χ3v) is 10.3. The Hall–Kier alpha value is -3.60. The van der Waals surface area contributed by atoms with Crippen molar-refractivity contribution < 1.29 is 28.8 Å². The number of benzene rings is 1. The number of nitrogens with zero attached hydrogens (tertiary/aromatic N) is 2. The molecule has 252 valence electrons. The molecule has 46 heavy (non-hydrogen) atoms. The van der Waals surface area contributed by atoms with E-state index in [1.54, 1.807) is 16.7 Å². The fourth-order valence-corrected chi connectivity index (χ4v) is 6.95. The molecule has 11 heteroatoms. The number of ether oxygens (including phenoxy) is 1. The van der Waals surface area contributed by atoms with Gasteiger partial charge in [0.15, 0.2) is 0 Å². The van der Waals surface area contributed by atoms with E-state index in [9.17, 15) is 19.2 Å². The second-order valence-corrected chi connectivity index (χ2v) is 13.3. The van der Waals surface area contributed by atoms with Gasteiger partial charge >= 0.3 is 0 Å². The number of hydrogen-bond donors (Lipinski definition) is 3. The Bertz CT molecular complexity index is 1400. The van der Waals surface area contributed by atoms with Crippen LogP contribution >= 0.6 is 0 Å². The van der Waals surface area contributed by atoms with Crippen LogP contribution in [0, 0.1) is 5.92 Å². The van der Waals surface area contributed by atoms with Crippen molar-refractivity contribution in [2.24, 2.45) is 5.92 Å². The van der Waals surface area contributed by atoms with Crippen LogP contribution in [-0.2, 0) is 30.3 Å². The SMILES string of the molecule is CC[C@H](C)[C@@H]1NC(=O)[C@H](Cc2cn(OC)c3ccccc23)NC(=O)[C@H](CCCCCC2(CC)CO2)NC(=O)[C@H]2CCCCN2C1=O. The van der Waals surface area contributed by atoms with Crippen LogP contribution in [-0.4, -0.2) is 83.3 Å². The van der Waals surface area contributed by atoms with Crippen LogP contribution in [0.25, 0.3) is 10.9 Å². The summed E-state index contributed by atoms with van der Waals surface area (Å²) in [7, 11) is 1.57. The van der Waals surface area contributed by atoms with Crippen molar-refractivity contribution in [3.8, 4) is 0 Å². The first-order chi connectivity index (χ1) is 22.2. The topological polar surface area (TPSA) is 134 Å². The lowest BCUT2D eigenvalue weighted by Crippen LogP contribution is -2.64. The van der Waals surface area contributed by atoms with E-state index in [1.807, 2.05) is 44.3 Å². The average Bonchev–Trinajstić information content (AvgIpc) is 3.78. The molecule has 0 bridgehead atoms. The van der Waals surface area contributed by atoms with Crippen LogP contribution in [0.3, 0.4) is 0 Å². The van der Waals surface area contributed by atoms with Gasteiger partial charge in [-0.25, -0.2) is 0 Å². The molecule has 0 aliphatic carbocycles. The second-order valence-electron chi connectivity index (χ2n) is 13.3. The Morgan fingerprint density at radius 2 is 1.72 bits per heavy atom. The summed E-state index contributed by atoms with van der Waals surface area (Å²) >= 11 is 0. The van der Waals surface area contributed by atoms with Gasteiger partial charge in [0.25, 0.3) is 0 Å². The van der Waals surface area contributed by atoms with Crippen LogP contribution in [0.5, 0.6) is 0 Å². The molecular formula is C35H51N5O6. The minimum Gasteiger partial charge on any atom is -0.417 e. The Morgan fingerprint density at radius 1 is 0.978 bits per heavy atom. The average molecular weight is 638 g/mol. The summed E-state index contributed by atoms with van der Waals surface area (Å²) in [5.74, 6) is -1.53. The van der Waals surface area contributed by atoms with Crippen molar-refractivity contribution in [2.45, 2.75) is 121 Å². The minimum atomic E-state index is -0.977. The maximum absolute atomic E-state index is 14.1. The van der Waals surface area contributed by atoms with Crippen molar-refractivity contribution >= 4 is 34.5 Å². The number of piperidine rings is 1. The highest BCUT2D eigenvalue weighted by molar-refractivity contribution is 5.98. The summed E-state index contributed by atoms with van der Waals surface area (Å²) in [6.07, 6.45) is 9.82. The predicted octanol–water partition coefficient (Wildman–Crippen LogP) is 3.27. The van der Waals surface area contributed by atoms with Crippen molar-refractivity contribution in [1.29, 1.82) is 0 Å². The summed E-state index contributed by atoms with van der Waals surface area (Å²) in [4.78, 5) is 63.1. The minimum absolute atomic E-state index is 0.0232. The second kappa shape index (κ2) is 14.9. The predicted molar refractivity (Wildman–Crippen MR) is 175 cm³/mol. The molecule has 1 aromatic carbocycles. The molecule has 0 saturated carbocycles. The fourth-order valence-electron chi connectivity index (χ4n) is 6.95. The van der Waals surface area contributed by atoms with Gasteiger partial charge in [-0.05, 0) is 56.1 Å². The molecule has 2 aromatic rings. The van der Waals surface area contributed by atoms with E-state index >= 15 is 0 Å². The Kier molecular flexibility index (Phi) is 10.9. The molecule has 11 nitrogen and oxygen atoms in total. The van der Waals surface area contributed by atoms with Crippen molar-refractivity contribution in [2.75, 3.05) is 20.3 Å². The van der Waals surface area contributed by atoms with Crippen LogP contribution < -0.4 is 20.8 Å². The molecule has 0 spiro atoms. The van der Waals surface area contributed by atoms with E-state index in [1.165, 1.54) is 0 Å². The first-order valence-electron chi connectivity index (χ1n) is 17.2. The normalized spacial score (nSPS) is 28.0. The first-order valence-corrected chi connectivity index (χ1v) is 17.2. The number of epoxide rings is 1. The van der Waals surface area contributed by atoms with Crippen LogP contribution in [0.15, 0.2) is 30.5 Å². The monoisotopic (exact) mass is 637 g/mol. The molecule has 5 rings (SSSR count). The van der Waals surface area contributed by atoms with Gasteiger partial charge in [0.1, 0.15) is 31.3 Å². The van der Waals surface area contributed by atoms with Gasteiger partial charge in [0.2, 0.25) is 23.6 Å². The number of nitrogens with one attached hydrogen (secondary N) is 3. The van der Waals surface area contributed by atoms with E-state index in [4.69, 9.17) is 9.57 Å². The molecule has 3 fully saturated rings. The van der Waals surface area contributed by atoms with Crippen molar-refractivity contribution in [1.82, 2.24) is 25.6 Å². The third kappa shape index (κ3) is 7.51. The summed E-state index contributed by atoms with van der Waals surface area (Å²) in [5.41, 5.74) is 1.69. The van der Waals surface area contributed by atoms with Crippen LogP contribution in [0.2, 0.25) is 0 Å². The number of amides is 4. The first kappa shape index (κ1) is 33.8. The van der Waals surface area contributed by atoms with Gasteiger partial charge < -0.3 is 30.4 Å². The molecule has 6 atom stereocenters. The molecule has 3 aliphatic heterocycles. The zero-order chi connectivity index (χ0) is 32.8. The van der Waals surface area contributed by atoms with Gasteiger partial charge in [-0.2, -0.15) is 4.73 Å². The number of fused-ring (bicyclic) bond motifs is 2. The smallest absolute Gasteiger partial charge is 0.246 e. The molecule has 3 N–H and O–H groups in total. The van der Waals surface area contributed by atoms with Gasteiger partial charge in [-0.3, -0.25) is 19.2 Å². The van der Waals surface area contributed by atoms with Crippen LogP contribution in [0.4, 0.5) is 0 Å². The largest absolute Gasteiger partial charge is 0.417 e. The highest BCUT2D eigenvalue weighted by Gasteiger charge is 2.42. The number of carbonyl (C=O) groups is 4. The van der Waals surface area contributed by atoms with Crippen molar-refractivity contribution in [3.63, 3.8) is 0 Å². The summed E-state index contributed by atoms with van der Waals surface area (Å²) in [5, 5.41) is 9.91. The van der Waals surface area contributed by atoms with Gasteiger partial charge in [-0.15, -0.1) is 0 Å². The third-order valence-electron chi connectivity index (χ3n) is 10.3. The fraction of sp³-hybridized carbons (Fsp3) is 0.657. The van der Waals surface area contributed by atoms with Gasteiger partial charge in [0.05, 0.1) is 17.7 Å². The highest BCUT2D eigenvalue weighted by atomic mass is 16.6. The number of carbonyl (C=O) groups excluding carboxylic acids is 4. The summed E-state index contributed by atoms with van der Waals surface area (Å²) < 4.78 is 7.28. The summed E-state index contributed by atoms with van der Waals surface area (Å²) in [6, 6.07) is 4.42. The maximum Gasteiger partial charge on any atom is 0.246 e. The lowest BCUT2D eigenvalue weighted by molar-refractivity contribution is -0.147. The maximum atomic E-state index is 14.1. The molecule has 1 unspecified atom stereocenters. The Balaban J connectivity index is 1.42. The van der Waals surface area contributed by atoms with Crippen molar-refractivity contribution in [3.05, 3.63) is 36.0 Å². The summed E-state index contributed by atoms with van der Waals surface area (Å²) in [6.45, 7) is 7.30. The number of aromatic nitrogens is 1. The zero-order valence-corrected chi connectivity index (χ0v) is 27.8. The van der Waals surface area contributed by atoms with E-state index in [2.05, 4.69) is 22.9 Å². The Labute approximate surface area is 272 Å². The van der Waals surface area contributed by atoms with E-state index in [0.29, 0.717) is 25.8 Å². The van der Waals surface area contributed by atoms with Crippen LogP contribution in [0.1, 0.15) is 90.5 Å². The standard InChI is InChI=1S/C35H51N5O6/c1-5-23(3)30-34(44)39-19-13-11-17-29(39)33(43)36-26(15-8-7-12-18-35(6-2)22-46-35)31(41)37-27(32(42)38-30)20-24-21-40(45-4)28-16-10-9-14-25(24)28/h9-10,14,16,21,23,26-27,29-30H,5-8,11-13,15,17-20,22H2,1-4H3,(H,36,43)(H,37,41)(H,38,42)/t23-,26-,27-,29+,30-,35?/m0/s1. The molecule has 3 aliphatic rings. The molecule has 4 heterocycles. The quantitative estimate of drug-likeness (QED) is 0.242. The van der Waals surface area contributed by atoms with E-state index in [-0.39, 0.29) is 29.8 Å². The number of hydrogen-bond acceptors (Lipinski definition) is 6. The molecule has 4 amide bonds. The number of rotatable bonds is 12. The molecule has 3 saturated heterocycles. The lowest BCUT2D eigenvalue weighted by Gasteiger charge is -2.39. The van der Waals surface area contributed by atoms with E-state index in [0.717, 1.165) is 68.0 Å². The van der Waals surface area contributed by atoms with E-state index < -0.39 is 36.0 Å². The highest BCUT2D eigenvalue weighted by Crippen LogP contribution is 2.36.